The van der Waals surface area contributed by atoms with Gasteiger partial charge in [0.25, 0.3) is 0 Å². The maximum atomic E-state index is 5.54. The molecule has 0 spiro atoms. The fraction of sp³-hybridized carbons (Fsp3) is 0.556. The minimum absolute atomic E-state index is 0.158. The number of hydrazine groups is 1. The Morgan fingerprint density at radius 1 is 1.38 bits per heavy atom. The van der Waals surface area contributed by atoms with Crippen molar-refractivity contribution in [2.24, 2.45) is 5.84 Å². The van der Waals surface area contributed by atoms with Crippen LogP contribution < -0.4 is 22.3 Å². The minimum atomic E-state index is -0.249. The summed E-state index contributed by atoms with van der Waals surface area (Å²) in [7, 11) is 1.64. The maximum Gasteiger partial charge on any atom is 0.223 e. The van der Waals surface area contributed by atoms with Gasteiger partial charge in [0.15, 0.2) is 0 Å². The first-order valence-corrected chi connectivity index (χ1v) is 4.85. The van der Waals surface area contributed by atoms with E-state index < -0.39 is 0 Å². The monoisotopic (exact) mass is 226 g/mol. The minimum Gasteiger partial charge on any atom is -0.382 e. The highest BCUT2D eigenvalue weighted by atomic mass is 16.5. The number of nitrogens with two attached hydrogens (primary N) is 2. The van der Waals surface area contributed by atoms with Crippen LogP contribution in [0, 0.1) is 0 Å². The van der Waals surface area contributed by atoms with E-state index >= 15 is 0 Å². The van der Waals surface area contributed by atoms with Crippen molar-refractivity contribution in [2.75, 3.05) is 30.2 Å². The number of nitrogen functional groups attached to an aromatic ring is 2. The summed E-state index contributed by atoms with van der Waals surface area (Å²) in [5.41, 5.74) is 7.71. The van der Waals surface area contributed by atoms with Crippen LogP contribution in [0.25, 0.3) is 0 Å². The summed E-state index contributed by atoms with van der Waals surface area (Å²) in [5.74, 6) is 6.48. The topological polar surface area (TPSA) is 111 Å². The van der Waals surface area contributed by atoms with Crippen LogP contribution in [-0.4, -0.2) is 29.2 Å². The third-order valence-electron chi connectivity index (χ3n) is 1.86. The van der Waals surface area contributed by atoms with Crippen LogP contribution in [0.2, 0.25) is 0 Å². The molecule has 1 aromatic rings. The largest absolute Gasteiger partial charge is 0.382 e. The Kier molecular flexibility index (Phi) is 3.86. The van der Waals surface area contributed by atoms with Crippen molar-refractivity contribution in [1.29, 1.82) is 0 Å². The van der Waals surface area contributed by atoms with Gasteiger partial charge < -0.3 is 21.2 Å². The van der Waals surface area contributed by atoms with Crippen LogP contribution >= 0.6 is 0 Å². The highest BCUT2D eigenvalue weighted by Gasteiger charge is 2.18. The second kappa shape index (κ2) is 4.95. The molecule has 7 nitrogen and oxygen atoms in total. The lowest BCUT2D eigenvalue weighted by atomic mass is 10.1. The van der Waals surface area contributed by atoms with E-state index in [9.17, 15) is 0 Å². The molecule has 6 N–H and O–H groups in total. The number of anilines is 3. The molecule has 1 rings (SSSR count). The van der Waals surface area contributed by atoms with E-state index in [4.69, 9.17) is 16.3 Å². The third-order valence-corrected chi connectivity index (χ3v) is 1.86. The molecule has 7 heteroatoms. The van der Waals surface area contributed by atoms with Crippen LogP contribution in [0.15, 0.2) is 6.07 Å². The van der Waals surface area contributed by atoms with E-state index in [1.165, 1.54) is 0 Å². The smallest absolute Gasteiger partial charge is 0.223 e. The summed E-state index contributed by atoms with van der Waals surface area (Å²) in [4.78, 5) is 7.94. The molecule has 0 aliphatic rings. The lowest BCUT2D eigenvalue weighted by Crippen LogP contribution is -2.36. The predicted octanol–water partition coefficient (Wildman–Crippen LogP) is 0.181. The van der Waals surface area contributed by atoms with E-state index in [0.717, 1.165) is 0 Å². The zero-order valence-corrected chi connectivity index (χ0v) is 9.74. The first kappa shape index (κ1) is 12.5. The lowest BCUT2D eigenvalue weighted by molar-refractivity contribution is 0.158. The average Bonchev–Trinajstić information content (AvgIpc) is 2.15. The fourth-order valence-electron chi connectivity index (χ4n) is 1.35. The van der Waals surface area contributed by atoms with Gasteiger partial charge >= 0.3 is 0 Å². The van der Waals surface area contributed by atoms with Crippen molar-refractivity contribution >= 4 is 17.6 Å². The van der Waals surface area contributed by atoms with Crippen molar-refractivity contribution in [3.63, 3.8) is 0 Å². The van der Waals surface area contributed by atoms with Crippen molar-refractivity contribution in [3.8, 4) is 0 Å². The highest BCUT2D eigenvalue weighted by Crippen LogP contribution is 2.16. The van der Waals surface area contributed by atoms with Gasteiger partial charge in [-0.3, -0.25) is 0 Å². The molecular formula is C9H18N6O. The van der Waals surface area contributed by atoms with Crippen molar-refractivity contribution in [1.82, 2.24) is 9.97 Å². The molecule has 0 bridgehead atoms. The molecule has 0 unspecified atom stereocenters. The van der Waals surface area contributed by atoms with E-state index in [0.29, 0.717) is 18.2 Å². The first-order chi connectivity index (χ1) is 7.46. The molecular weight excluding hydrogens is 208 g/mol. The summed E-state index contributed by atoms with van der Waals surface area (Å²) < 4.78 is 5.09. The number of rotatable bonds is 5. The summed E-state index contributed by atoms with van der Waals surface area (Å²) in [6.45, 7) is 4.52. The zero-order chi connectivity index (χ0) is 12.2. The Hall–Kier alpha value is -1.60. The second-order valence-corrected chi connectivity index (χ2v) is 4.08. The molecule has 1 heterocycles. The van der Waals surface area contributed by atoms with Gasteiger partial charge in [-0.1, -0.05) is 0 Å². The van der Waals surface area contributed by atoms with E-state index in [1.807, 2.05) is 13.8 Å². The van der Waals surface area contributed by atoms with Crippen LogP contribution in [-0.2, 0) is 4.74 Å². The Morgan fingerprint density at radius 3 is 2.56 bits per heavy atom. The third kappa shape index (κ3) is 3.52. The van der Waals surface area contributed by atoms with Gasteiger partial charge in [0.1, 0.15) is 11.6 Å². The molecule has 0 atom stereocenters. The quantitative estimate of drug-likeness (QED) is 0.418. The number of ether oxygens (including phenoxy) is 1. The second-order valence-electron chi connectivity index (χ2n) is 4.08. The van der Waals surface area contributed by atoms with Crippen LogP contribution in [0.1, 0.15) is 13.8 Å². The standard InChI is InChI=1S/C9H18N6O/c1-9(2,5-16-3)14-6-4-7(15-11)13-8(10)12-6/h4H,5,11H2,1-3H3,(H4,10,12,13,14,15). The highest BCUT2D eigenvalue weighted by molar-refractivity contribution is 5.51. The van der Waals surface area contributed by atoms with Gasteiger partial charge in [-0.05, 0) is 13.8 Å². The zero-order valence-electron chi connectivity index (χ0n) is 9.74. The summed E-state index contributed by atoms with van der Waals surface area (Å²) in [5, 5.41) is 3.18. The molecule has 0 saturated heterocycles. The maximum absolute atomic E-state index is 5.54. The number of hydrogen-bond donors (Lipinski definition) is 4. The fourth-order valence-corrected chi connectivity index (χ4v) is 1.35. The van der Waals surface area contributed by atoms with Crippen LogP contribution in [0.4, 0.5) is 17.6 Å². The number of hydrogen-bond acceptors (Lipinski definition) is 7. The van der Waals surface area contributed by atoms with Crippen molar-refractivity contribution in [3.05, 3.63) is 6.07 Å². The molecule has 0 aliphatic heterocycles. The SMILES string of the molecule is COCC(C)(C)Nc1cc(NN)nc(N)n1. The predicted molar refractivity (Wildman–Crippen MR) is 63.8 cm³/mol. The summed E-state index contributed by atoms with van der Waals surface area (Å²) >= 11 is 0. The lowest BCUT2D eigenvalue weighted by Gasteiger charge is -2.26. The van der Waals surface area contributed by atoms with Crippen molar-refractivity contribution in [2.45, 2.75) is 19.4 Å². The van der Waals surface area contributed by atoms with Crippen LogP contribution in [0.5, 0.6) is 0 Å². The summed E-state index contributed by atoms with van der Waals surface area (Å²) in [6, 6.07) is 1.67. The van der Waals surface area contributed by atoms with Gasteiger partial charge in [-0.15, -0.1) is 0 Å². The first-order valence-electron chi connectivity index (χ1n) is 4.85. The van der Waals surface area contributed by atoms with Crippen molar-refractivity contribution < 1.29 is 4.74 Å². The van der Waals surface area contributed by atoms with Gasteiger partial charge in [-0.25, -0.2) is 5.84 Å². The Bertz CT molecular complexity index is 354. The molecule has 1 aromatic heterocycles. The van der Waals surface area contributed by atoms with E-state index in [1.54, 1.807) is 13.2 Å². The molecule has 0 amide bonds. The number of nitrogens with zero attached hydrogens (tertiary/aromatic N) is 2. The molecule has 90 valence electrons. The molecule has 0 aliphatic carbocycles. The molecule has 16 heavy (non-hydrogen) atoms. The number of aromatic nitrogens is 2. The molecule has 0 saturated carbocycles. The van der Waals surface area contributed by atoms with Gasteiger partial charge in [0.05, 0.1) is 12.1 Å². The Morgan fingerprint density at radius 2 is 2.00 bits per heavy atom. The van der Waals surface area contributed by atoms with Gasteiger partial charge in [0.2, 0.25) is 5.95 Å². The van der Waals surface area contributed by atoms with Crippen LogP contribution in [0.3, 0.4) is 0 Å². The molecule has 0 radical (unpaired) electrons. The number of methoxy groups -OCH3 is 1. The average molecular weight is 226 g/mol. The normalized spacial score (nSPS) is 11.2. The molecule has 0 fully saturated rings. The Balaban J connectivity index is 2.84. The number of nitrogens with one attached hydrogen (secondary N) is 2. The van der Waals surface area contributed by atoms with E-state index in [2.05, 4.69) is 20.7 Å². The van der Waals surface area contributed by atoms with Gasteiger partial charge in [-0.2, -0.15) is 9.97 Å². The van der Waals surface area contributed by atoms with E-state index in [-0.39, 0.29) is 11.5 Å². The molecule has 0 aromatic carbocycles. The van der Waals surface area contributed by atoms with Gasteiger partial charge in [0, 0.05) is 13.2 Å². The Labute approximate surface area is 94.6 Å². The summed E-state index contributed by atoms with van der Waals surface area (Å²) in [6.07, 6.45) is 0.